The van der Waals surface area contributed by atoms with Crippen molar-refractivity contribution < 1.29 is 4.74 Å². The SMILES string of the molecule is CCNc1ncnc(Nc2cccc(Br)c2C)c1OC. The Hall–Kier alpha value is -1.82. The van der Waals surface area contributed by atoms with Crippen molar-refractivity contribution in [2.45, 2.75) is 13.8 Å². The van der Waals surface area contributed by atoms with E-state index in [1.54, 1.807) is 7.11 Å². The molecule has 0 fully saturated rings. The molecule has 0 unspecified atom stereocenters. The molecule has 2 rings (SSSR count). The summed E-state index contributed by atoms with van der Waals surface area (Å²) >= 11 is 3.52. The second kappa shape index (κ2) is 6.56. The largest absolute Gasteiger partial charge is 0.490 e. The lowest BCUT2D eigenvalue weighted by Crippen LogP contribution is -2.06. The fourth-order valence-electron chi connectivity index (χ4n) is 1.82. The summed E-state index contributed by atoms with van der Waals surface area (Å²) in [7, 11) is 1.61. The van der Waals surface area contributed by atoms with Crippen LogP contribution in [0.4, 0.5) is 17.3 Å². The van der Waals surface area contributed by atoms with E-state index in [4.69, 9.17) is 4.74 Å². The standard InChI is InChI=1S/C14H17BrN4O/c1-4-16-13-12(20-3)14(18-8-17-13)19-11-7-5-6-10(15)9(11)2/h5-8H,4H2,1-3H3,(H2,16,17,18,19). The van der Waals surface area contributed by atoms with Crippen molar-refractivity contribution in [3.8, 4) is 5.75 Å². The van der Waals surface area contributed by atoms with Crippen LogP contribution in [0.25, 0.3) is 0 Å². The van der Waals surface area contributed by atoms with Crippen molar-refractivity contribution in [1.29, 1.82) is 0 Å². The van der Waals surface area contributed by atoms with Gasteiger partial charge in [0.15, 0.2) is 11.6 Å². The molecule has 5 nitrogen and oxygen atoms in total. The van der Waals surface area contributed by atoms with E-state index in [2.05, 4.69) is 36.5 Å². The first-order valence-corrected chi connectivity index (χ1v) is 7.11. The van der Waals surface area contributed by atoms with Gasteiger partial charge in [0.2, 0.25) is 5.75 Å². The second-order valence-corrected chi connectivity index (χ2v) is 5.03. The Morgan fingerprint density at radius 3 is 2.70 bits per heavy atom. The lowest BCUT2D eigenvalue weighted by molar-refractivity contribution is 0.415. The number of hydrogen-bond donors (Lipinski definition) is 2. The van der Waals surface area contributed by atoms with Gasteiger partial charge in [0.1, 0.15) is 6.33 Å². The third-order valence-electron chi connectivity index (χ3n) is 2.87. The van der Waals surface area contributed by atoms with Crippen LogP contribution >= 0.6 is 15.9 Å². The lowest BCUT2D eigenvalue weighted by atomic mass is 10.2. The van der Waals surface area contributed by atoms with Crippen molar-refractivity contribution >= 4 is 33.3 Å². The summed E-state index contributed by atoms with van der Waals surface area (Å²) in [5.41, 5.74) is 2.08. The van der Waals surface area contributed by atoms with Gasteiger partial charge in [-0.3, -0.25) is 0 Å². The van der Waals surface area contributed by atoms with E-state index in [9.17, 15) is 0 Å². The molecule has 2 aromatic rings. The number of anilines is 3. The van der Waals surface area contributed by atoms with Crippen LogP contribution < -0.4 is 15.4 Å². The highest BCUT2D eigenvalue weighted by Gasteiger charge is 2.12. The van der Waals surface area contributed by atoms with Crippen molar-refractivity contribution in [3.05, 3.63) is 34.6 Å². The fraction of sp³-hybridized carbons (Fsp3) is 0.286. The average Bonchev–Trinajstić information content (AvgIpc) is 2.44. The fourth-order valence-corrected chi connectivity index (χ4v) is 2.19. The van der Waals surface area contributed by atoms with Crippen LogP contribution in [0.2, 0.25) is 0 Å². The van der Waals surface area contributed by atoms with Crippen LogP contribution in [0, 0.1) is 6.92 Å². The van der Waals surface area contributed by atoms with Gasteiger partial charge in [-0.1, -0.05) is 22.0 Å². The molecule has 6 heteroatoms. The number of rotatable bonds is 5. The minimum absolute atomic E-state index is 0.605. The number of benzene rings is 1. The Balaban J connectivity index is 2.38. The number of methoxy groups -OCH3 is 1. The predicted molar refractivity (Wildman–Crippen MR) is 84.9 cm³/mol. The summed E-state index contributed by atoms with van der Waals surface area (Å²) in [6.45, 7) is 4.81. The molecule has 0 aliphatic carbocycles. The molecule has 0 amide bonds. The summed E-state index contributed by atoms with van der Waals surface area (Å²) in [5.74, 6) is 1.92. The molecule has 1 aromatic heterocycles. The Morgan fingerprint density at radius 1 is 1.25 bits per heavy atom. The quantitative estimate of drug-likeness (QED) is 0.871. The smallest absolute Gasteiger partial charge is 0.204 e. The summed E-state index contributed by atoms with van der Waals surface area (Å²) in [4.78, 5) is 8.44. The van der Waals surface area contributed by atoms with Crippen LogP contribution in [-0.2, 0) is 0 Å². The molecule has 2 N–H and O–H groups in total. The van der Waals surface area contributed by atoms with Crippen LogP contribution in [0.3, 0.4) is 0 Å². The molecule has 0 spiro atoms. The normalized spacial score (nSPS) is 10.2. The van der Waals surface area contributed by atoms with Crippen LogP contribution in [0.5, 0.6) is 5.75 Å². The van der Waals surface area contributed by atoms with E-state index in [-0.39, 0.29) is 0 Å². The Kier molecular flexibility index (Phi) is 4.79. The third-order valence-corrected chi connectivity index (χ3v) is 3.73. The first kappa shape index (κ1) is 14.6. The minimum atomic E-state index is 0.605. The maximum atomic E-state index is 5.41. The molecular formula is C14H17BrN4O. The molecule has 106 valence electrons. The molecule has 0 bridgehead atoms. The summed E-state index contributed by atoms with van der Waals surface area (Å²) in [6.07, 6.45) is 1.51. The molecule has 1 aromatic carbocycles. The molecule has 20 heavy (non-hydrogen) atoms. The van der Waals surface area contributed by atoms with Crippen LogP contribution in [-0.4, -0.2) is 23.6 Å². The molecule has 0 saturated heterocycles. The van der Waals surface area contributed by atoms with E-state index in [0.29, 0.717) is 17.4 Å². The van der Waals surface area contributed by atoms with Crippen molar-refractivity contribution in [2.24, 2.45) is 0 Å². The summed E-state index contributed by atoms with van der Waals surface area (Å²) < 4.78 is 6.45. The topological polar surface area (TPSA) is 59.1 Å². The van der Waals surface area contributed by atoms with Gasteiger partial charge in [-0.25, -0.2) is 9.97 Å². The van der Waals surface area contributed by atoms with E-state index < -0.39 is 0 Å². The predicted octanol–water partition coefficient (Wildman–Crippen LogP) is 3.73. The number of ether oxygens (including phenoxy) is 1. The van der Waals surface area contributed by atoms with Gasteiger partial charge in [0, 0.05) is 16.7 Å². The van der Waals surface area contributed by atoms with E-state index in [1.165, 1.54) is 6.33 Å². The molecule has 0 saturated carbocycles. The zero-order chi connectivity index (χ0) is 14.5. The Labute approximate surface area is 126 Å². The van der Waals surface area contributed by atoms with Gasteiger partial charge >= 0.3 is 0 Å². The van der Waals surface area contributed by atoms with E-state index in [1.807, 2.05) is 32.0 Å². The average molecular weight is 337 g/mol. The maximum absolute atomic E-state index is 5.41. The summed E-state index contributed by atoms with van der Waals surface area (Å²) in [6, 6.07) is 5.97. The molecule has 0 aliphatic heterocycles. The van der Waals surface area contributed by atoms with Gasteiger partial charge < -0.3 is 15.4 Å². The molecule has 1 heterocycles. The second-order valence-electron chi connectivity index (χ2n) is 4.17. The number of nitrogens with one attached hydrogen (secondary N) is 2. The molecule has 0 atom stereocenters. The monoisotopic (exact) mass is 336 g/mol. The zero-order valence-electron chi connectivity index (χ0n) is 11.7. The van der Waals surface area contributed by atoms with Gasteiger partial charge in [-0.15, -0.1) is 0 Å². The van der Waals surface area contributed by atoms with Crippen molar-refractivity contribution in [1.82, 2.24) is 9.97 Å². The third kappa shape index (κ3) is 3.01. The van der Waals surface area contributed by atoms with E-state index in [0.717, 1.165) is 22.3 Å². The van der Waals surface area contributed by atoms with Crippen LogP contribution in [0.15, 0.2) is 29.0 Å². The Morgan fingerprint density at radius 2 is 2.00 bits per heavy atom. The summed E-state index contributed by atoms with van der Waals surface area (Å²) in [5, 5.41) is 6.44. The number of halogens is 1. The van der Waals surface area contributed by atoms with Crippen molar-refractivity contribution in [3.63, 3.8) is 0 Å². The number of aromatic nitrogens is 2. The lowest BCUT2D eigenvalue weighted by Gasteiger charge is -2.15. The highest BCUT2D eigenvalue weighted by molar-refractivity contribution is 9.10. The molecule has 0 aliphatic rings. The minimum Gasteiger partial charge on any atom is -0.490 e. The zero-order valence-corrected chi connectivity index (χ0v) is 13.3. The van der Waals surface area contributed by atoms with E-state index >= 15 is 0 Å². The first-order chi connectivity index (χ1) is 9.67. The molecule has 0 radical (unpaired) electrons. The number of nitrogens with zero attached hydrogens (tertiary/aromatic N) is 2. The van der Waals surface area contributed by atoms with Crippen LogP contribution in [0.1, 0.15) is 12.5 Å². The Bertz CT molecular complexity index is 604. The highest BCUT2D eigenvalue weighted by atomic mass is 79.9. The maximum Gasteiger partial charge on any atom is 0.204 e. The van der Waals surface area contributed by atoms with Gasteiger partial charge in [-0.05, 0) is 31.5 Å². The molecular weight excluding hydrogens is 320 g/mol. The van der Waals surface area contributed by atoms with Gasteiger partial charge in [0.05, 0.1) is 7.11 Å². The van der Waals surface area contributed by atoms with Crippen molar-refractivity contribution in [2.75, 3.05) is 24.3 Å². The number of hydrogen-bond acceptors (Lipinski definition) is 5. The highest BCUT2D eigenvalue weighted by Crippen LogP contribution is 2.33. The van der Waals surface area contributed by atoms with Gasteiger partial charge in [-0.2, -0.15) is 0 Å². The first-order valence-electron chi connectivity index (χ1n) is 6.32. The van der Waals surface area contributed by atoms with Gasteiger partial charge in [0.25, 0.3) is 0 Å².